The number of para-hydroxylation sites is 1. The number of carbonyl (C=O) groups excluding carboxylic acids is 2. The molecule has 37 heavy (non-hydrogen) atoms. The van der Waals surface area contributed by atoms with Crippen LogP contribution in [-0.4, -0.2) is 49.1 Å². The van der Waals surface area contributed by atoms with Crippen molar-refractivity contribution in [1.82, 2.24) is 10.2 Å². The minimum atomic E-state index is -0.457. The molecule has 2 aromatic carbocycles. The highest BCUT2D eigenvalue weighted by Gasteiger charge is 2.42. The molecule has 2 aromatic rings. The second-order valence-corrected chi connectivity index (χ2v) is 11.3. The number of hydrogen-bond donors (Lipinski definition) is 1. The van der Waals surface area contributed by atoms with Crippen molar-refractivity contribution in [2.45, 2.75) is 64.8 Å². The van der Waals surface area contributed by atoms with Gasteiger partial charge in [0.05, 0.1) is 11.5 Å². The molecule has 1 saturated heterocycles. The fraction of sp³-hybridized carbons (Fsp3) is 0.533. The number of rotatable bonds is 5. The highest BCUT2D eigenvalue weighted by Crippen LogP contribution is 2.38. The van der Waals surface area contributed by atoms with E-state index in [0.29, 0.717) is 49.2 Å². The molecule has 0 aliphatic carbocycles. The summed E-state index contributed by atoms with van der Waals surface area (Å²) in [6.07, 6.45) is 5.92. The van der Waals surface area contributed by atoms with Crippen molar-refractivity contribution in [3.8, 4) is 11.5 Å². The molecule has 200 valence electrons. The summed E-state index contributed by atoms with van der Waals surface area (Å²) in [7, 11) is 0. The fourth-order valence-corrected chi connectivity index (χ4v) is 5.56. The number of amides is 2. The molecule has 2 amide bonds. The van der Waals surface area contributed by atoms with Gasteiger partial charge in [-0.15, -0.1) is 0 Å². The van der Waals surface area contributed by atoms with Crippen molar-refractivity contribution < 1.29 is 19.1 Å². The number of nitrogens with one attached hydrogen (secondary N) is 1. The van der Waals surface area contributed by atoms with Crippen molar-refractivity contribution >= 4 is 23.4 Å². The van der Waals surface area contributed by atoms with Gasteiger partial charge in [-0.05, 0) is 80.3 Å². The maximum atomic E-state index is 13.8. The molecule has 2 aliphatic rings. The molecule has 1 atom stereocenters. The molecular formula is C30H39ClN2O4. The van der Waals surface area contributed by atoms with Gasteiger partial charge in [0.1, 0.15) is 18.1 Å². The predicted molar refractivity (Wildman–Crippen MR) is 146 cm³/mol. The molecule has 6 nitrogen and oxygen atoms in total. The van der Waals surface area contributed by atoms with Gasteiger partial charge in [-0.2, -0.15) is 0 Å². The largest absolute Gasteiger partial charge is 0.491 e. The van der Waals surface area contributed by atoms with E-state index < -0.39 is 5.41 Å². The van der Waals surface area contributed by atoms with Crippen molar-refractivity contribution in [1.29, 1.82) is 0 Å². The van der Waals surface area contributed by atoms with E-state index in [0.717, 1.165) is 37.9 Å². The Morgan fingerprint density at radius 3 is 2.57 bits per heavy atom. The average Bonchev–Trinajstić information content (AvgIpc) is 2.89. The van der Waals surface area contributed by atoms with Gasteiger partial charge >= 0.3 is 0 Å². The van der Waals surface area contributed by atoms with Crippen LogP contribution in [0.3, 0.4) is 0 Å². The number of carbonyl (C=O) groups is 2. The van der Waals surface area contributed by atoms with E-state index in [1.54, 1.807) is 24.3 Å². The Bertz CT molecular complexity index is 1050. The number of hydrogen-bond acceptors (Lipinski definition) is 4. The fourth-order valence-electron chi connectivity index (χ4n) is 5.44. The molecule has 0 radical (unpaired) electrons. The zero-order valence-corrected chi connectivity index (χ0v) is 22.8. The zero-order chi connectivity index (χ0) is 26.3. The first-order chi connectivity index (χ1) is 17.8. The quantitative estimate of drug-likeness (QED) is 0.545. The topological polar surface area (TPSA) is 67.9 Å². The summed E-state index contributed by atoms with van der Waals surface area (Å²) >= 11 is 5.92. The second kappa shape index (κ2) is 12.7. The smallest absolute Gasteiger partial charge is 0.260 e. The lowest BCUT2D eigenvalue weighted by atomic mass is 9.73. The van der Waals surface area contributed by atoms with Crippen molar-refractivity contribution in [3.63, 3.8) is 0 Å². The van der Waals surface area contributed by atoms with Crippen LogP contribution in [0.1, 0.15) is 57.9 Å². The van der Waals surface area contributed by atoms with Crippen LogP contribution in [0.25, 0.3) is 0 Å². The van der Waals surface area contributed by atoms with E-state index in [1.165, 1.54) is 5.56 Å². The number of fused-ring (bicyclic) bond motifs is 1. The van der Waals surface area contributed by atoms with Crippen molar-refractivity contribution in [3.05, 3.63) is 59.1 Å². The van der Waals surface area contributed by atoms with E-state index in [9.17, 15) is 9.59 Å². The van der Waals surface area contributed by atoms with Gasteiger partial charge in [0.25, 0.3) is 5.91 Å². The maximum absolute atomic E-state index is 13.8. The summed E-state index contributed by atoms with van der Waals surface area (Å²) in [5.41, 5.74) is 0.773. The summed E-state index contributed by atoms with van der Waals surface area (Å²) in [5, 5.41) is 3.98. The van der Waals surface area contributed by atoms with Gasteiger partial charge in [0, 0.05) is 18.1 Å². The average molecular weight is 527 g/mol. The van der Waals surface area contributed by atoms with E-state index in [1.807, 2.05) is 17.0 Å². The van der Waals surface area contributed by atoms with E-state index in [-0.39, 0.29) is 24.5 Å². The summed E-state index contributed by atoms with van der Waals surface area (Å²) in [6, 6.07) is 15.2. The molecule has 1 N–H and O–H groups in total. The number of likely N-dealkylation sites (tertiary alicyclic amines) is 1. The highest BCUT2D eigenvalue weighted by atomic mass is 35.5. The Hall–Kier alpha value is -2.73. The summed E-state index contributed by atoms with van der Waals surface area (Å²) in [5.74, 6) is 2.03. The van der Waals surface area contributed by atoms with Crippen LogP contribution in [0, 0.1) is 11.3 Å². The molecule has 0 bridgehead atoms. The third-order valence-corrected chi connectivity index (χ3v) is 7.84. The summed E-state index contributed by atoms with van der Waals surface area (Å²) in [6.45, 7) is 5.90. The van der Waals surface area contributed by atoms with Crippen LogP contribution in [0.5, 0.6) is 11.5 Å². The number of ether oxygens (including phenoxy) is 2. The Balaban J connectivity index is 1.41. The minimum Gasteiger partial charge on any atom is -0.491 e. The Kier molecular flexibility index (Phi) is 9.36. The van der Waals surface area contributed by atoms with Crippen molar-refractivity contribution in [2.75, 3.05) is 26.3 Å². The van der Waals surface area contributed by atoms with Gasteiger partial charge < -0.3 is 19.7 Å². The Morgan fingerprint density at radius 2 is 1.84 bits per heavy atom. The van der Waals surface area contributed by atoms with Crippen LogP contribution < -0.4 is 14.8 Å². The van der Waals surface area contributed by atoms with Crippen LogP contribution in [-0.2, 0) is 16.0 Å². The number of piperidine rings is 1. The van der Waals surface area contributed by atoms with Gasteiger partial charge in [-0.25, -0.2) is 0 Å². The molecule has 0 aromatic heterocycles. The highest BCUT2D eigenvalue weighted by molar-refractivity contribution is 6.30. The van der Waals surface area contributed by atoms with Crippen LogP contribution in [0.15, 0.2) is 48.5 Å². The standard InChI is InChI=1S/C30H39ClN2O4/c1-22(2)19-25-20-37-27-9-4-3-7-23(27)8-5-6-14-30(29(35)32-25)15-17-33(18-16-30)28(34)21-36-26-12-10-24(31)11-13-26/h3-4,7,9-13,22,25H,5-6,8,14-21H2,1-2H3,(H,32,35)/t25-/m0/s1. The molecule has 1 fully saturated rings. The first kappa shape index (κ1) is 27.3. The lowest BCUT2D eigenvalue weighted by Crippen LogP contribution is -2.53. The molecular weight excluding hydrogens is 488 g/mol. The number of benzene rings is 2. The SMILES string of the molecule is CC(C)C[C@H]1COc2ccccc2CCCCC2(CCN(C(=O)COc3ccc(Cl)cc3)CC2)C(=O)N1. The summed E-state index contributed by atoms with van der Waals surface area (Å²) in [4.78, 5) is 28.4. The lowest BCUT2D eigenvalue weighted by Gasteiger charge is -2.41. The van der Waals surface area contributed by atoms with Gasteiger partial charge in [-0.3, -0.25) is 9.59 Å². The normalized spacial score (nSPS) is 20.3. The van der Waals surface area contributed by atoms with Gasteiger partial charge in [0.15, 0.2) is 6.61 Å². The third kappa shape index (κ3) is 7.41. The van der Waals surface area contributed by atoms with E-state index >= 15 is 0 Å². The minimum absolute atomic E-state index is 0.0198. The molecule has 2 aliphatic heterocycles. The first-order valence-corrected chi connectivity index (χ1v) is 13.9. The summed E-state index contributed by atoms with van der Waals surface area (Å²) < 4.78 is 11.9. The van der Waals surface area contributed by atoms with Crippen LogP contribution in [0.4, 0.5) is 0 Å². The third-order valence-electron chi connectivity index (χ3n) is 7.59. The van der Waals surface area contributed by atoms with E-state index in [4.69, 9.17) is 21.1 Å². The molecule has 0 unspecified atom stereocenters. The Morgan fingerprint density at radius 1 is 1.11 bits per heavy atom. The second-order valence-electron chi connectivity index (χ2n) is 10.8. The first-order valence-electron chi connectivity index (χ1n) is 13.5. The monoisotopic (exact) mass is 526 g/mol. The number of aryl methyl sites for hydroxylation is 1. The predicted octanol–water partition coefficient (Wildman–Crippen LogP) is 5.66. The maximum Gasteiger partial charge on any atom is 0.260 e. The molecule has 4 rings (SSSR count). The molecule has 1 spiro atoms. The van der Waals surface area contributed by atoms with E-state index in [2.05, 4.69) is 31.3 Å². The number of nitrogens with zero attached hydrogens (tertiary/aromatic N) is 1. The van der Waals surface area contributed by atoms with Gasteiger partial charge in [-0.1, -0.05) is 50.1 Å². The molecule has 0 saturated carbocycles. The van der Waals surface area contributed by atoms with Crippen LogP contribution in [0.2, 0.25) is 5.02 Å². The molecule has 7 heteroatoms. The lowest BCUT2D eigenvalue weighted by molar-refractivity contribution is -0.142. The Labute approximate surface area is 225 Å². The number of halogens is 1. The van der Waals surface area contributed by atoms with Gasteiger partial charge in [0.2, 0.25) is 5.91 Å². The zero-order valence-electron chi connectivity index (χ0n) is 22.0. The molecule has 2 heterocycles. The van der Waals surface area contributed by atoms with Crippen molar-refractivity contribution in [2.24, 2.45) is 11.3 Å². The van der Waals surface area contributed by atoms with Crippen LogP contribution >= 0.6 is 11.6 Å².